The van der Waals surface area contributed by atoms with E-state index in [0.717, 1.165) is 0 Å². The van der Waals surface area contributed by atoms with Crippen LogP contribution < -0.4 is 0 Å². The van der Waals surface area contributed by atoms with E-state index in [2.05, 4.69) is 9.37 Å². The van der Waals surface area contributed by atoms with Crippen LogP contribution in [0.5, 0.6) is 0 Å². The Kier molecular flexibility index (Phi) is 3.85. The molecule has 1 N–H and O–H groups in total. The van der Waals surface area contributed by atoms with Crippen molar-refractivity contribution in [2.75, 3.05) is 0 Å². The van der Waals surface area contributed by atoms with E-state index < -0.39 is 34.0 Å². The molecular weight excluding hydrogens is 247 g/mol. The highest BCUT2D eigenvalue weighted by Gasteiger charge is 2.26. The molecule has 1 rings (SSSR count). The minimum Gasteiger partial charge on any atom is -0.220 e. The Morgan fingerprint density at radius 3 is 1.60 bits per heavy atom. The minimum atomic E-state index is -2.28. The summed E-state index contributed by atoms with van der Waals surface area (Å²) in [5, 5.41) is 10.6. The van der Waals surface area contributed by atoms with Crippen molar-refractivity contribution in [3.8, 4) is 0 Å². The van der Waals surface area contributed by atoms with Crippen LogP contribution >= 0.6 is 12.0 Å². The van der Waals surface area contributed by atoms with Gasteiger partial charge < -0.3 is 0 Å². The number of halogens is 5. The van der Waals surface area contributed by atoms with E-state index in [0.29, 0.717) is 0 Å². The first-order valence-corrected chi connectivity index (χ1v) is 3.91. The fraction of sp³-hybridized carbons (Fsp3) is 0. The normalized spacial score (nSPS) is 10.8. The molecule has 0 aromatic heterocycles. The van der Waals surface area contributed by atoms with Crippen LogP contribution in [0.2, 0.25) is 0 Å². The quantitative estimate of drug-likeness (QED) is 0.223. The van der Waals surface area contributed by atoms with Gasteiger partial charge in [0.2, 0.25) is 5.82 Å². The van der Waals surface area contributed by atoms with Crippen molar-refractivity contribution in [1.29, 1.82) is 0 Å². The molecule has 0 aliphatic heterocycles. The minimum absolute atomic E-state index is 0.358. The molecule has 0 saturated carbocycles. The van der Waals surface area contributed by atoms with E-state index in [1.165, 1.54) is 0 Å². The molecule has 0 radical (unpaired) electrons. The van der Waals surface area contributed by atoms with Gasteiger partial charge in [0, 0.05) is 0 Å². The van der Waals surface area contributed by atoms with Crippen LogP contribution in [-0.4, -0.2) is 5.26 Å². The smallest absolute Gasteiger partial charge is 0.200 e. The van der Waals surface area contributed by atoms with Crippen molar-refractivity contribution in [2.45, 2.75) is 4.90 Å². The van der Waals surface area contributed by atoms with Gasteiger partial charge in [0.05, 0.1) is 12.0 Å². The van der Waals surface area contributed by atoms with Gasteiger partial charge >= 0.3 is 0 Å². The van der Waals surface area contributed by atoms with E-state index in [4.69, 9.17) is 5.26 Å². The van der Waals surface area contributed by atoms with Crippen LogP contribution in [0.1, 0.15) is 0 Å². The molecule has 0 unspecified atom stereocenters. The van der Waals surface area contributed by atoms with Gasteiger partial charge in [-0.15, -0.1) is 4.33 Å². The zero-order valence-electron chi connectivity index (χ0n) is 6.56. The molecule has 84 valence electrons. The van der Waals surface area contributed by atoms with Crippen LogP contribution in [0.4, 0.5) is 22.0 Å². The number of benzene rings is 1. The first kappa shape index (κ1) is 12.2. The maximum Gasteiger partial charge on any atom is 0.200 e. The summed E-state index contributed by atoms with van der Waals surface area (Å²) in [6, 6.07) is 0. The van der Waals surface area contributed by atoms with Crippen molar-refractivity contribution >= 4 is 12.0 Å². The highest BCUT2D eigenvalue weighted by molar-refractivity contribution is 7.94. The van der Waals surface area contributed by atoms with Gasteiger partial charge in [0.15, 0.2) is 23.3 Å². The fourth-order valence-electron chi connectivity index (χ4n) is 0.707. The summed E-state index contributed by atoms with van der Waals surface area (Å²) in [6.45, 7) is 0. The number of hydrogen-bond acceptors (Lipinski definition) is 4. The maximum absolute atomic E-state index is 12.8. The van der Waals surface area contributed by atoms with Gasteiger partial charge in [-0.1, -0.05) is 5.04 Å². The van der Waals surface area contributed by atoms with Gasteiger partial charge in [-0.05, 0) is 0 Å². The highest BCUT2D eigenvalue weighted by atomic mass is 32.2. The predicted octanol–water partition coefficient (Wildman–Crippen LogP) is 2.81. The third kappa shape index (κ3) is 2.20. The third-order valence-electron chi connectivity index (χ3n) is 1.32. The molecule has 0 bridgehead atoms. The Hall–Kier alpha value is -0.900. The second-order valence-electron chi connectivity index (χ2n) is 2.12. The first-order valence-electron chi connectivity index (χ1n) is 3.16. The Labute approximate surface area is 83.5 Å². The monoisotopic (exact) mass is 248 g/mol. The molecule has 0 atom stereocenters. The molecule has 15 heavy (non-hydrogen) atoms. The van der Waals surface area contributed by atoms with Crippen LogP contribution in [0.3, 0.4) is 0 Å². The summed E-state index contributed by atoms with van der Waals surface area (Å²) in [5.74, 6) is -10.7. The zero-order valence-corrected chi connectivity index (χ0v) is 7.38. The van der Waals surface area contributed by atoms with E-state index in [-0.39, 0.29) is 12.0 Å². The van der Waals surface area contributed by atoms with Crippen LogP contribution in [0.25, 0.3) is 0 Å². The number of rotatable bonds is 3. The van der Waals surface area contributed by atoms with E-state index in [9.17, 15) is 22.0 Å². The van der Waals surface area contributed by atoms with E-state index in [1.54, 1.807) is 0 Å². The molecule has 9 heteroatoms. The number of hydrogen-bond donors (Lipinski definition) is 1. The maximum atomic E-state index is 12.8. The highest BCUT2D eigenvalue weighted by Crippen LogP contribution is 2.31. The lowest BCUT2D eigenvalue weighted by atomic mass is 10.3. The van der Waals surface area contributed by atoms with Crippen LogP contribution in [0.15, 0.2) is 4.90 Å². The molecule has 0 heterocycles. The van der Waals surface area contributed by atoms with Crippen LogP contribution in [-0.2, 0) is 9.37 Å². The Morgan fingerprint density at radius 1 is 0.800 bits per heavy atom. The molecule has 0 saturated heterocycles. The van der Waals surface area contributed by atoms with Gasteiger partial charge in [-0.3, -0.25) is 0 Å². The Morgan fingerprint density at radius 2 is 1.20 bits per heavy atom. The summed E-state index contributed by atoms with van der Waals surface area (Å²) in [7, 11) is 0. The van der Waals surface area contributed by atoms with Crippen LogP contribution in [0, 0.1) is 29.1 Å². The van der Waals surface area contributed by atoms with Crippen molar-refractivity contribution in [3.05, 3.63) is 29.1 Å². The lowest BCUT2D eigenvalue weighted by Crippen LogP contribution is -2.03. The average Bonchev–Trinajstić information content (AvgIpc) is 2.24. The SMILES string of the molecule is OOOSc1c(F)c(F)c(F)c(F)c1F. The standard InChI is InChI=1S/C6HF5O3S/c7-1-2(8)4(10)6(15-14-13-12)5(11)3(1)9/h12H. The van der Waals surface area contributed by atoms with Crippen molar-refractivity contribution in [3.63, 3.8) is 0 Å². The summed E-state index contributed by atoms with van der Waals surface area (Å²) >= 11 is -0.358. The molecule has 0 aliphatic carbocycles. The lowest BCUT2D eigenvalue weighted by molar-refractivity contribution is -0.432. The molecule has 3 nitrogen and oxygen atoms in total. The summed E-state index contributed by atoms with van der Waals surface area (Å²) < 4.78 is 66.6. The summed E-state index contributed by atoms with van der Waals surface area (Å²) in [4.78, 5) is -1.32. The Bertz CT molecular complexity index is 357. The fourth-order valence-corrected chi connectivity index (χ4v) is 1.13. The second-order valence-corrected chi connectivity index (χ2v) is 2.84. The predicted molar refractivity (Wildman–Crippen MR) is 36.9 cm³/mol. The molecule has 1 aromatic carbocycles. The van der Waals surface area contributed by atoms with Crippen molar-refractivity contribution < 1.29 is 36.6 Å². The topological polar surface area (TPSA) is 38.7 Å². The second kappa shape index (κ2) is 4.75. The average molecular weight is 248 g/mol. The van der Waals surface area contributed by atoms with Gasteiger partial charge in [0.1, 0.15) is 4.90 Å². The Balaban J connectivity index is 3.26. The molecule has 0 amide bonds. The van der Waals surface area contributed by atoms with Gasteiger partial charge in [-0.2, -0.15) is 0 Å². The van der Waals surface area contributed by atoms with E-state index >= 15 is 0 Å². The zero-order chi connectivity index (χ0) is 11.6. The molecular formula is C6HF5O3S. The van der Waals surface area contributed by atoms with Crippen molar-refractivity contribution in [1.82, 2.24) is 0 Å². The third-order valence-corrected chi connectivity index (χ3v) is 1.97. The molecule has 0 fully saturated rings. The molecule has 1 aromatic rings. The summed E-state index contributed by atoms with van der Waals surface area (Å²) in [5.41, 5.74) is 0. The van der Waals surface area contributed by atoms with Gasteiger partial charge in [0.25, 0.3) is 0 Å². The molecule has 0 aliphatic rings. The summed E-state index contributed by atoms with van der Waals surface area (Å²) in [6.07, 6.45) is 0. The lowest BCUT2D eigenvalue weighted by Gasteiger charge is -2.04. The molecule has 0 spiro atoms. The van der Waals surface area contributed by atoms with Crippen molar-refractivity contribution in [2.24, 2.45) is 0 Å². The van der Waals surface area contributed by atoms with Gasteiger partial charge in [-0.25, -0.2) is 27.2 Å². The largest absolute Gasteiger partial charge is 0.220 e. The first-order chi connectivity index (χ1) is 7.00. The van der Waals surface area contributed by atoms with E-state index in [1.807, 2.05) is 0 Å².